The van der Waals surface area contributed by atoms with Crippen LogP contribution in [0.4, 0.5) is 17.1 Å². The molecule has 0 unspecified atom stereocenters. The number of nitrogens with zero attached hydrogens (tertiary/aromatic N) is 1. The molecule has 0 spiro atoms. The van der Waals surface area contributed by atoms with E-state index >= 15 is 0 Å². The van der Waals surface area contributed by atoms with Gasteiger partial charge < -0.3 is 13.7 Å². The van der Waals surface area contributed by atoms with E-state index in [1.165, 1.54) is 20.2 Å². The summed E-state index contributed by atoms with van der Waals surface area (Å²) >= 11 is 1.85. The van der Waals surface area contributed by atoms with Crippen LogP contribution in [0.3, 0.4) is 0 Å². The Morgan fingerprint density at radius 1 is 0.346 bits per heavy atom. The van der Waals surface area contributed by atoms with E-state index in [4.69, 9.17) is 8.83 Å². The lowest BCUT2D eigenvalue weighted by molar-refractivity contribution is 0.668. The molecular weight excluding hydrogens is 655 g/mol. The fraction of sp³-hybridized carbons (Fsp3) is 0. The van der Waals surface area contributed by atoms with Crippen molar-refractivity contribution in [2.75, 3.05) is 4.90 Å². The zero-order valence-electron chi connectivity index (χ0n) is 27.9. The molecule has 244 valence electrons. The first-order valence-electron chi connectivity index (χ1n) is 17.5. The van der Waals surface area contributed by atoms with Crippen LogP contribution in [0.1, 0.15) is 0 Å². The third-order valence-electron chi connectivity index (χ3n) is 10.3. The van der Waals surface area contributed by atoms with Gasteiger partial charge in [0.1, 0.15) is 22.3 Å². The van der Waals surface area contributed by atoms with Crippen molar-refractivity contribution in [1.29, 1.82) is 0 Å². The molecule has 3 nitrogen and oxygen atoms in total. The molecule has 3 aromatic heterocycles. The smallest absolute Gasteiger partial charge is 0.136 e. The van der Waals surface area contributed by atoms with Crippen LogP contribution in [0.5, 0.6) is 0 Å². The maximum absolute atomic E-state index is 6.28. The third-order valence-corrected chi connectivity index (χ3v) is 11.5. The molecule has 0 bridgehead atoms. The molecule has 0 fully saturated rings. The second-order valence-corrected chi connectivity index (χ2v) is 14.4. The Balaban J connectivity index is 1.05. The van der Waals surface area contributed by atoms with Crippen LogP contribution in [-0.4, -0.2) is 0 Å². The van der Waals surface area contributed by atoms with Gasteiger partial charge in [0, 0.05) is 48.4 Å². The molecular formula is C48H29NO2S. The van der Waals surface area contributed by atoms with E-state index in [-0.39, 0.29) is 0 Å². The Labute approximate surface area is 303 Å². The third kappa shape index (κ3) is 4.58. The molecule has 4 heteroatoms. The summed E-state index contributed by atoms with van der Waals surface area (Å²) in [6.07, 6.45) is 0. The molecule has 0 saturated carbocycles. The van der Waals surface area contributed by atoms with Gasteiger partial charge >= 0.3 is 0 Å². The molecule has 0 atom stereocenters. The Morgan fingerprint density at radius 2 is 0.885 bits per heavy atom. The van der Waals surface area contributed by atoms with Crippen LogP contribution in [0, 0.1) is 0 Å². The minimum Gasteiger partial charge on any atom is -0.456 e. The number of thiophene rings is 1. The van der Waals surface area contributed by atoms with Crippen LogP contribution in [0.15, 0.2) is 185 Å². The molecule has 0 amide bonds. The Hall–Kier alpha value is -6.62. The van der Waals surface area contributed by atoms with Gasteiger partial charge in [0.05, 0.1) is 10.4 Å². The van der Waals surface area contributed by atoms with Crippen molar-refractivity contribution in [2.24, 2.45) is 0 Å². The first-order chi connectivity index (χ1) is 25.7. The van der Waals surface area contributed by atoms with Gasteiger partial charge in [0.15, 0.2) is 0 Å². The normalized spacial score (nSPS) is 11.8. The number of rotatable bonds is 5. The Bertz CT molecular complexity index is 3150. The molecule has 0 aliphatic rings. The zero-order valence-corrected chi connectivity index (χ0v) is 28.7. The van der Waals surface area contributed by atoms with Crippen molar-refractivity contribution >= 4 is 92.4 Å². The first-order valence-corrected chi connectivity index (χ1v) is 18.3. The van der Waals surface area contributed by atoms with E-state index in [1.807, 2.05) is 35.6 Å². The lowest BCUT2D eigenvalue weighted by atomic mass is 10.0. The molecule has 0 radical (unpaired) electrons. The topological polar surface area (TPSA) is 29.5 Å². The summed E-state index contributed by atoms with van der Waals surface area (Å²) in [5, 5.41) is 7.11. The maximum Gasteiger partial charge on any atom is 0.136 e. The van der Waals surface area contributed by atoms with Crippen molar-refractivity contribution in [3.05, 3.63) is 176 Å². The van der Waals surface area contributed by atoms with Gasteiger partial charge in [0.2, 0.25) is 0 Å². The fourth-order valence-corrected chi connectivity index (χ4v) is 8.98. The van der Waals surface area contributed by atoms with E-state index < -0.39 is 0 Å². The second kappa shape index (κ2) is 11.5. The molecule has 3 heterocycles. The molecule has 52 heavy (non-hydrogen) atoms. The average molecular weight is 684 g/mol. The highest BCUT2D eigenvalue weighted by molar-refractivity contribution is 7.26. The second-order valence-electron chi connectivity index (χ2n) is 13.3. The van der Waals surface area contributed by atoms with Gasteiger partial charge in [-0.3, -0.25) is 0 Å². The average Bonchev–Trinajstić information content (AvgIpc) is 3.89. The highest BCUT2D eigenvalue weighted by atomic mass is 32.1. The number of anilines is 3. The molecule has 0 aliphatic heterocycles. The van der Waals surface area contributed by atoms with Gasteiger partial charge in [0.25, 0.3) is 0 Å². The van der Waals surface area contributed by atoms with Gasteiger partial charge in [-0.15, -0.1) is 11.3 Å². The summed E-state index contributed by atoms with van der Waals surface area (Å²) in [6, 6.07) is 62.6. The molecule has 11 aromatic rings. The number of fused-ring (bicyclic) bond motifs is 9. The quantitative estimate of drug-likeness (QED) is 0.181. The van der Waals surface area contributed by atoms with E-state index in [9.17, 15) is 0 Å². The number of hydrogen-bond donors (Lipinski definition) is 0. The lowest BCUT2D eigenvalue weighted by Crippen LogP contribution is -2.10. The Morgan fingerprint density at radius 3 is 1.60 bits per heavy atom. The molecule has 0 aliphatic carbocycles. The van der Waals surface area contributed by atoms with Crippen molar-refractivity contribution in [3.8, 4) is 22.3 Å². The van der Waals surface area contributed by atoms with Crippen LogP contribution in [0.25, 0.3) is 86.3 Å². The number of hydrogen-bond acceptors (Lipinski definition) is 4. The zero-order chi connectivity index (χ0) is 34.2. The monoisotopic (exact) mass is 683 g/mol. The molecule has 0 saturated heterocycles. The molecule has 11 rings (SSSR count). The maximum atomic E-state index is 6.28. The van der Waals surface area contributed by atoms with Crippen LogP contribution in [-0.2, 0) is 0 Å². The summed E-state index contributed by atoms with van der Waals surface area (Å²) in [6.45, 7) is 0. The SMILES string of the molecule is c1cc(-c2ccc3c(c2)oc2ccccc23)cc(N(c2ccc(-c3ccc4c(c3)oc3ccccc34)cc2)c2cccc3c2sc2ccccc23)c1. The molecule has 0 N–H and O–H groups in total. The van der Waals surface area contributed by atoms with E-state index in [0.717, 1.165) is 83.2 Å². The first kappa shape index (κ1) is 29.1. The van der Waals surface area contributed by atoms with Crippen LogP contribution >= 0.6 is 11.3 Å². The number of furan rings is 2. The summed E-state index contributed by atoms with van der Waals surface area (Å²) in [5.74, 6) is 0. The van der Waals surface area contributed by atoms with Crippen molar-refractivity contribution in [3.63, 3.8) is 0 Å². The van der Waals surface area contributed by atoms with Gasteiger partial charge in [-0.1, -0.05) is 103 Å². The highest BCUT2D eigenvalue weighted by Gasteiger charge is 2.19. The minimum atomic E-state index is 0.896. The number of benzene rings is 8. The van der Waals surface area contributed by atoms with Gasteiger partial charge in [-0.25, -0.2) is 0 Å². The van der Waals surface area contributed by atoms with E-state index in [1.54, 1.807) is 0 Å². The standard InChI is InChI=1S/C48H29NO2S/c1-4-16-43-36(11-1)38-25-21-32(28-45(38)50-43)30-19-23-34(24-20-30)49(42-15-8-14-41-40-13-3-6-18-47(40)52-48(41)42)35-10-7-9-31(27-35)33-22-26-39-37-12-2-5-17-44(37)51-46(39)29-33/h1-29H. The predicted molar refractivity (Wildman–Crippen MR) is 219 cm³/mol. The minimum absolute atomic E-state index is 0.896. The highest BCUT2D eigenvalue weighted by Crippen LogP contribution is 2.46. The van der Waals surface area contributed by atoms with Crippen molar-refractivity contribution < 1.29 is 8.83 Å². The Kier molecular flexibility index (Phi) is 6.42. The fourth-order valence-electron chi connectivity index (χ4n) is 7.77. The van der Waals surface area contributed by atoms with Crippen molar-refractivity contribution in [2.45, 2.75) is 0 Å². The van der Waals surface area contributed by atoms with Crippen molar-refractivity contribution in [1.82, 2.24) is 0 Å². The van der Waals surface area contributed by atoms with E-state index in [0.29, 0.717) is 0 Å². The number of para-hydroxylation sites is 2. The molecule has 8 aromatic carbocycles. The predicted octanol–water partition coefficient (Wildman–Crippen LogP) is 14.7. The van der Waals surface area contributed by atoms with Crippen LogP contribution < -0.4 is 4.90 Å². The summed E-state index contributed by atoms with van der Waals surface area (Å²) in [5.41, 5.74) is 11.5. The van der Waals surface area contributed by atoms with E-state index in [2.05, 4.69) is 157 Å². The summed E-state index contributed by atoms with van der Waals surface area (Å²) < 4.78 is 15.1. The summed E-state index contributed by atoms with van der Waals surface area (Å²) in [7, 11) is 0. The van der Waals surface area contributed by atoms with Gasteiger partial charge in [-0.2, -0.15) is 0 Å². The van der Waals surface area contributed by atoms with Gasteiger partial charge in [-0.05, 0) is 95.1 Å². The lowest BCUT2D eigenvalue weighted by Gasteiger charge is -2.27. The van der Waals surface area contributed by atoms with Crippen LogP contribution in [0.2, 0.25) is 0 Å². The summed E-state index contributed by atoms with van der Waals surface area (Å²) in [4.78, 5) is 2.40. The largest absolute Gasteiger partial charge is 0.456 e.